The van der Waals surface area contributed by atoms with Crippen molar-refractivity contribution in [3.8, 4) is 0 Å². The van der Waals surface area contributed by atoms with Gasteiger partial charge in [0, 0.05) is 18.7 Å². The molecule has 3 heterocycles. The van der Waals surface area contributed by atoms with Crippen LogP contribution in [0, 0.1) is 10.1 Å². The van der Waals surface area contributed by atoms with E-state index in [9.17, 15) is 19.7 Å². The fourth-order valence-corrected chi connectivity index (χ4v) is 3.65. The van der Waals surface area contributed by atoms with Crippen molar-refractivity contribution in [1.82, 2.24) is 24.6 Å². The van der Waals surface area contributed by atoms with Crippen LogP contribution in [0.1, 0.15) is 15.2 Å². The van der Waals surface area contributed by atoms with E-state index in [2.05, 4.69) is 15.4 Å². The first kappa shape index (κ1) is 19.5. The number of non-ortho nitro benzene ring substituents is 1. The van der Waals surface area contributed by atoms with Crippen molar-refractivity contribution in [1.29, 1.82) is 0 Å². The molecule has 1 N–H and O–H groups in total. The normalized spacial score (nSPS) is 10.9. The summed E-state index contributed by atoms with van der Waals surface area (Å²) in [6.07, 6.45) is 2.83. The van der Waals surface area contributed by atoms with E-state index in [0.29, 0.717) is 34.6 Å². The molecule has 0 spiro atoms. The number of thiophene rings is 1. The number of amides is 1. The summed E-state index contributed by atoms with van der Waals surface area (Å²) in [4.78, 5) is 40.2. The van der Waals surface area contributed by atoms with Crippen molar-refractivity contribution >= 4 is 34.0 Å². The molecule has 0 radical (unpaired) electrons. The van der Waals surface area contributed by atoms with E-state index >= 15 is 0 Å². The van der Waals surface area contributed by atoms with Gasteiger partial charge in [-0.1, -0.05) is 18.2 Å². The molecule has 10 nitrogen and oxygen atoms in total. The topological polar surface area (TPSA) is 125 Å². The third-order valence-corrected chi connectivity index (χ3v) is 5.32. The molecule has 0 aliphatic heterocycles. The predicted octanol–water partition coefficient (Wildman–Crippen LogP) is 2.04. The van der Waals surface area contributed by atoms with Gasteiger partial charge >= 0.3 is 0 Å². The van der Waals surface area contributed by atoms with Crippen molar-refractivity contribution in [2.45, 2.75) is 13.1 Å². The van der Waals surface area contributed by atoms with Gasteiger partial charge in [-0.15, -0.1) is 11.3 Å². The molecule has 1 aromatic carbocycles. The monoisotopic (exact) mass is 424 g/mol. The van der Waals surface area contributed by atoms with Crippen LogP contribution in [-0.2, 0) is 13.1 Å². The number of nitro groups is 1. The Hall–Kier alpha value is -3.86. The minimum Gasteiger partial charge on any atom is -0.349 e. The van der Waals surface area contributed by atoms with E-state index in [4.69, 9.17) is 0 Å². The van der Waals surface area contributed by atoms with E-state index in [1.54, 1.807) is 22.9 Å². The Kier molecular flexibility index (Phi) is 5.35. The van der Waals surface area contributed by atoms with Gasteiger partial charge < -0.3 is 5.32 Å². The third-order valence-electron chi connectivity index (χ3n) is 4.45. The number of benzene rings is 1. The number of hydrogen-bond acceptors (Lipinski definition) is 7. The highest BCUT2D eigenvalue weighted by atomic mass is 32.1. The van der Waals surface area contributed by atoms with Crippen molar-refractivity contribution in [2.75, 3.05) is 6.54 Å². The van der Waals surface area contributed by atoms with E-state index in [1.165, 1.54) is 40.6 Å². The van der Waals surface area contributed by atoms with Crippen molar-refractivity contribution in [3.05, 3.63) is 85.2 Å². The summed E-state index contributed by atoms with van der Waals surface area (Å²) < 4.78 is 2.94. The summed E-state index contributed by atoms with van der Waals surface area (Å²) in [7, 11) is 0. The highest BCUT2D eigenvalue weighted by Crippen LogP contribution is 2.14. The van der Waals surface area contributed by atoms with E-state index in [0.717, 1.165) is 0 Å². The number of rotatable bonds is 7. The quantitative estimate of drug-likeness (QED) is 0.357. The summed E-state index contributed by atoms with van der Waals surface area (Å²) in [5.41, 5.74) is 0.712. The Balaban J connectivity index is 1.49. The maximum atomic E-state index is 12.8. The molecular formula is C19H16N6O4S. The van der Waals surface area contributed by atoms with Gasteiger partial charge in [-0.25, -0.2) is 9.67 Å². The summed E-state index contributed by atoms with van der Waals surface area (Å²) in [6.45, 7) is 0.861. The lowest BCUT2D eigenvalue weighted by atomic mass is 10.2. The Morgan fingerprint density at radius 3 is 2.90 bits per heavy atom. The van der Waals surface area contributed by atoms with E-state index in [-0.39, 0.29) is 23.7 Å². The first-order valence-corrected chi connectivity index (χ1v) is 9.87. The maximum absolute atomic E-state index is 12.8. The molecule has 0 bridgehead atoms. The fraction of sp³-hybridized carbons (Fsp3) is 0.158. The maximum Gasteiger partial charge on any atom is 0.269 e. The Bertz CT molecular complexity index is 1280. The van der Waals surface area contributed by atoms with E-state index < -0.39 is 4.92 Å². The number of aromatic nitrogens is 4. The van der Waals surface area contributed by atoms with Crippen molar-refractivity contribution in [2.24, 2.45) is 0 Å². The molecule has 152 valence electrons. The predicted molar refractivity (Wildman–Crippen MR) is 111 cm³/mol. The van der Waals surface area contributed by atoms with Crippen molar-refractivity contribution in [3.63, 3.8) is 0 Å². The van der Waals surface area contributed by atoms with Gasteiger partial charge in [0.1, 0.15) is 11.7 Å². The molecule has 0 saturated heterocycles. The zero-order chi connectivity index (χ0) is 21.1. The van der Waals surface area contributed by atoms with Gasteiger partial charge in [0.05, 0.1) is 29.1 Å². The number of nitrogens with zero attached hydrogens (tertiary/aromatic N) is 5. The van der Waals surface area contributed by atoms with Crippen LogP contribution in [0.2, 0.25) is 0 Å². The number of carbonyl (C=O) groups excluding carboxylic acids is 1. The molecular weight excluding hydrogens is 408 g/mol. The van der Waals surface area contributed by atoms with Crippen LogP contribution in [-0.4, -0.2) is 36.7 Å². The van der Waals surface area contributed by atoms with Crippen LogP contribution in [0.25, 0.3) is 11.0 Å². The molecule has 4 rings (SSSR count). The average Bonchev–Trinajstić information content (AvgIpc) is 3.41. The molecule has 30 heavy (non-hydrogen) atoms. The molecule has 0 aliphatic rings. The van der Waals surface area contributed by atoms with Gasteiger partial charge in [-0.3, -0.25) is 24.3 Å². The number of nitrogens with one attached hydrogen (secondary N) is 1. The molecule has 11 heteroatoms. The van der Waals surface area contributed by atoms with Gasteiger partial charge in [0.15, 0.2) is 5.65 Å². The fourth-order valence-electron chi connectivity index (χ4n) is 3.01. The van der Waals surface area contributed by atoms with Gasteiger partial charge in [0.2, 0.25) is 0 Å². The second-order valence-electron chi connectivity index (χ2n) is 6.44. The lowest BCUT2D eigenvalue weighted by Crippen LogP contribution is -2.27. The number of nitro benzene ring substituents is 1. The zero-order valence-corrected chi connectivity index (χ0v) is 16.4. The largest absolute Gasteiger partial charge is 0.349 e. The Labute approximate surface area is 173 Å². The molecule has 1 amide bonds. The lowest BCUT2D eigenvalue weighted by molar-refractivity contribution is -0.384. The number of hydrogen-bond donors (Lipinski definition) is 1. The minimum absolute atomic E-state index is 0.0352. The summed E-state index contributed by atoms with van der Waals surface area (Å²) >= 11 is 1.36. The molecule has 0 fully saturated rings. The van der Waals surface area contributed by atoms with Crippen LogP contribution in [0.3, 0.4) is 0 Å². The molecule has 0 atom stereocenters. The van der Waals surface area contributed by atoms with Crippen LogP contribution in [0.4, 0.5) is 5.69 Å². The highest BCUT2D eigenvalue weighted by molar-refractivity contribution is 7.12. The van der Waals surface area contributed by atoms with Crippen LogP contribution in [0.15, 0.2) is 59.1 Å². The zero-order valence-electron chi connectivity index (χ0n) is 15.6. The average molecular weight is 424 g/mol. The van der Waals surface area contributed by atoms with Gasteiger partial charge in [-0.2, -0.15) is 5.10 Å². The first-order valence-electron chi connectivity index (χ1n) is 8.99. The molecule has 4 aromatic rings. The van der Waals surface area contributed by atoms with Crippen LogP contribution in [0.5, 0.6) is 0 Å². The van der Waals surface area contributed by atoms with Crippen LogP contribution >= 0.6 is 11.3 Å². The summed E-state index contributed by atoms with van der Waals surface area (Å²) in [5, 5.41) is 20.1. The number of fused-ring (bicyclic) bond motifs is 1. The third kappa shape index (κ3) is 3.96. The Morgan fingerprint density at radius 2 is 2.13 bits per heavy atom. The lowest BCUT2D eigenvalue weighted by Gasteiger charge is -2.07. The number of carbonyl (C=O) groups is 1. The minimum atomic E-state index is -0.477. The van der Waals surface area contributed by atoms with Crippen LogP contribution < -0.4 is 10.9 Å². The van der Waals surface area contributed by atoms with Crippen molar-refractivity contribution < 1.29 is 9.72 Å². The second-order valence-corrected chi connectivity index (χ2v) is 7.39. The smallest absolute Gasteiger partial charge is 0.269 e. The second kappa shape index (κ2) is 8.25. The molecule has 3 aromatic heterocycles. The Morgan fingerprint density at radius 1 is 1.27 bits per heavy atom. The van der Waals surface area contributed by atoms with Gasteiger partial charge in [-0.05, 0) is 17.0 Å². The standard InChI is InChI=1S/C19H16N6O4S/c26-18(16-5-2-8-30-16)20-6-7-24-17-15(10-22-24)19(27)23(12-21-17)11-13-3-1-4-14(9-13)25(28)29/h1-5,8-10,12H,6-7,11H2,(H,20,26). The molecule has 0 unspecified atom stereocenters. The van der Waals surface area contributed by atoms with Gasteiger partial charge in [0.25, 0.3) is 17.2 Å². The van der Waals surface area contributed by atoms with E-state index in [1.807, 2.05) is 11.4 Å². The summed E-state index contributed by atoms with van der Waals surface area (Å²) in [5.74, 6) is -0.159. The SMILES string of the molecule is O=C(NCCn1ncc2c(=O)n(Cc3cccc([N+](=O)[O-])c3)cnc21)c1cccs1. The highest BCUT2D eigenvalue weighted by Gasteiger charge is 2.12. The summed E-state index contributed by atoms with van der Waals surface area (Å²) in [6, 6.07) is 9.67. The molecule has 0 saturated carbocycles. The first-order chi connectivity index (χ1) is 14.5. The molecule has 0 aliphatic carbocycles.